The number of halogens is 3. The van der Waals surface area contributed by atoms with E-state index in [1.165, 1.54) is 12.1 Å². The highest BCUT2D eigenvalue weighted by Crippen LogP contribution is 2.31. The van der Waals surface area contributed by atoms with Gasteiger partial charge in [-0.25, -0.2) is 0 Å². The SMILES string of the molecule is NC(=O)c1n[nH]nc1-c1ccc(-c2ccc(C(F)(F)F)cc2)cc1. The lowest BCUT2D eigenvalue weighted by molar-refractivity contribution is -0.137. The van der Waals surface area contributed by atoms with Crippen LogP contribution in [0.25, 0.3) is 22.4 Å². The molecule has 0 bridgehead atoms. The molecule has 0 atom stereocenters. The standard InChI is InChI=1S/C16H11F3N4O/c17-16(18,19)12-7-5-10(6-8-12)9-1-3-11(4-2-9)13-14(15(20)24)22-23-21-13/h1-8H,(H2,20,24)(H,21,22,23). The van der Waals surface area contributed by atoms with Crippen LogP contribution >= 0.6 is 0 Å². The Morgan fingerprint density at radius 2 is 1.38 bits per heavy atom. The van der Waals surface area contributed by atoms with E-state index in [1.54, 1.807) is 24.3 Å². The van der Waals surface area contributed by atoms with Crippen molar-refractivity contribution in [2.45, 2.75) is 6.18 Å². The van der Waals surface area contributed by atoms with Gasteiger partial charge in [-0.1, -0.05) is 36.4 Å². The zero-order valence-corrected chi connectivity index (χ0v) is 12.1. The lowest BCUT2D eigenvalue weighted by Gasteiger charge is -2.08. The van der Waals surface area contributed by atoms with Crippen molar-refractivity contribution in [1.82, 2.24) is 15.4 Å². The molecule has 0 radical (unpaired) electrons. The van der Waals surface area contributed by atoms with Crippen LogP contribution in [0, 0.1) is 0 Å². The van der Waals surface area contributed by atoms with Crippen molar-refractivity contribution in [2.24, 2.45) is 5.73 Å². The van der Waals surface area contributed by atoms with Gasteiger partial charge in [0.1, 0.15) is 5.69 Å². The van der Waals surface area contributed by atoms with Crippen molar-refractivity contribution in [1.29, 1.82) is 0 Å². The fourth-order valence-corrected chi connectivity index (χ4v) is 2.28. The first kappa shape index (κ1) is 15.7. The highest BCUT2D eigenvalue weighted by Gasteiger charge is 2.29. The minimum absolute atomic E-state index is 0.0253. The number of nitrogens with two attached hydrogens (primary N) is 1. The second-order valence-corrected chi connectivity index (χ2v) is 5.04. The predicted octanol–water partition coefficient (Wildman–Crippen LogP) is 3.26. The number of hydrogen-bond donors (Lipinski definition) is 2. The number of primary amides is 1. The van der Waals surface area contributed by atoms with Gasteiger partial charge in [-0.2, -0.15) is 28.6 Å². The summed E-state index contributed by atoms with van der Waals surface area (Å²) in [5.41, 5.74) is 6.86. The Bertz CT molecular complexity index is 868. The van der Waals surface area contributed by atoms with E-state index in [9.17, 15) is 18.0 Å². The third kappa shape index (κ3) is 2.98. The number of hydrogen-bond acceptors (Lipinski definition) is 3. The molecule has 0 aliphatic heterocycles. The summed E-state index contributed by atoms with van der Waals surface area (Å²) in [7, 11) is 0. The Morgan fingerprint density at radius 1 is 0.875 bits per heavy atom. The van der Waals surface area contributed by atoms with Gasteiger partial charge in [-0.05, 0) is 23.3 Å². The number of nitrogens with zero attached hydrogens (tertiary/aromatic N) is 2. The quantitative estimate of drug-likeness (QED) is 0.772. The van der Waals surface area contributed by atoms with E-state index in [4.69, 9.17) is 5.73 Å². The van der Waals surface area contributed by atoms with Crippen molar-refractivity contribution < 1.29 is 18.0 Å². The molecule has 5 nitrogen and oxygen atoms in total. The molecule has 8 heteroatoms. The maximum atomic E-state index is 12.6. The number of aromatic nitrogens is 3. The van der Waals surface area contributed by atoms with Crippen LogP contribution in [0.4, 0.5) is 13.2 Å². The van der Waals surface area contributed by atoms with Crippen LogP contribution in [-0.2, 0) is 6.18 Å². The van der Waals surface area contributed by atoms with Crippen LogP contribution in [0.2, 0.25) is 0 Å². The van der Waals surface area contributed by atoms with Crippen molar-refractivity contribution in [3.05, 3.63) is 59.8 Å². The Kier molecular flexibility index (Phi) is 3.80. The molecule has 0 aliphatic carbocycles. The van der Waals surface area contributed by atoms with Crippen LogP contribution in [0.1, 0.15) is 16.1 Å². The summed E-state index contributed by atoms with van der Waals surface area (Å²) in [5, 5.41) is 9.91. The van der Waals surface area contributed by atoms with Crippen LogP contribution < -0.4 is 5.73 Å². The molecule has 1 amide bonds. The minimum Gasteiger partial charge on any atom is -0.364 e. The minimum atomic E-state index is -4.36. The maximum absolute atomic E-state index is 12.6. The van der Waals surface area contributed by atoms with Gasteiger partial charge >= 0.3 is 6.18 Å². The Morgan fingerprint density at radius 3 is 1.88 bits per heavy atom. The molecule has 24 heavy (non-hydrogen) atoms. The van der Waals surface area contributed by atoms with Gasteiger partial charge in [0.05, 0.1) is 5.56 Å². The first-order chi connectivity index (χ1) is 11.4. The number of carbonyl (C=O) groups is 1. The van der Waals surface area contributed by atoms with Gasteiger partial charge in [0.15, 0.2) is 5.69 Å². The van der Waals surface area contributed by atoms with Gasteiger partial charge < -0.3 is 5.73 Å². The number of carbonyl (C=O) groups excluding carboxylic acids is 1. The molecule has 0 saturated heterocycles. The monoisotopic (exact) mass is 332 g/mol. The summed E-state index contributed by atoms with van der Waals surface area (Å²) < 4.78 is 37.7. The van der Waals surface area contributed by atoms with Crippen LogP contribution in [0.5, 0.6) is 0 Å². The van der Waals surface area contributed by atoms with E-state index >= 15 is 0 Å². The lowest BCUT2D eigenvalue weighted by atomic mass is 10.0. The molecule has 0 aliphatic rings. The fraction of sp³-hybridized carbons (Fsp3) is 0.0625. The van der Waals surface area contributed by atoms with Crippen LogP contribution in [0.3, 0.4) is 0 Å². The van der Waals surface area contributed by atoms with E-state index < -0.39 is 17.6 Å². The third-order valence-corrected chi connectivity index (χ3v) is 3.49. The van der Waals surface area contributed by atoms with Crippen LogP contribution in [-0.4, -0.2) is 21.3 Å². The number of aromatic amines is 1. The lowest BCUT2D eigenvalue weighted by Crippen LogP contribution is -2.12. The molecule has 1 heterocycles. The van der Waals surface area contributed by atoms with Crippen molar-refractivity contribution >= 4 is 5.91 Å². The van der Waals surface area contributed by atoms with Crippen molar-refractivity contribution in [3.8, 4) is 22.4 Å². The molecule has 0 unspecified atom stereocenters. The first-order valence-corrected chi connectivity index (χ1v) is 6.85. The van der Waals surface area contributed by atoms with E-state index in [2.05, 4.69) is 15.4 Å². The predicted molar refractivity (Wildman–Crippen MR) is 80.8 cm³/mol. The highest BCUT2D eigenvalue weighted by atomic mass is 19.4. The molecule has 1 aromatic heterocycles. The van der Waals surface area contributed by atoms with Gasteiger partial charge in [0.2, 0.25) is 0 Å². The molecule has 0 saturated carbocycles. The second kappa shape index (κ2) is 5.80. The Balaban J connectivity index is 1.90. The summed E-state index contributed by atoms with van der Waals surface area (Å²) in [6.07, 6.45) is -4.36. The number of H-pyrrole nitrogens is 1. The number of benzene rings is 2. The van der Waals surface area contributed by atoms with Gasteiger partial charge in [-0.15, -0.1) is 0 Å². The van der Waals surface area contributed by atoms with Crippen molar-refractivity contribution in [3.63, 3.8) is 0 Å². The summed E-state index contributed by atoms with van der Waals surface area (Å²) >= 11 is 0. The summed E-state index contributed by atoms with van der Waals surface area (Å²) in [6, 6.07) is 11.7. The second-order valence-electron chi connectivity index (χ2n) is 5.04. The number of nitrogens with one attached hydrogen (secondary N) is 1. The number of amides is 1. The zero-order valence-electron chi connectivity index (χ0n) is 12.1. The maximum Gasteiger partial charge on any atom is 0.416 e. The fourth-order valence-electron chi connectivity index (χ4n) is 2.28. The van der Waals surface area contributed by atoms with E-state index in [1.807, 2.05) is 0 Å². The topological polar surface area (TPSA) is 84.7 Å². The molecule has 3 N–H and O–H groups in total. The summed E-state index contributed by atoms with van der Waals surface area (Å²) in [4.78, 5) is 11.3. The molecular weight excluding hydrogens is 321 g/mol. The molecule has 3 rings (SSSR count). The first-order valence-electron chi connectivity index (χ1n) is 6.85. The molecule has 0 fully saturated rings. The third-order valence-electron chi connectivity index (χ3n) is 3.49. The van der Waals surface area contributed by atoms with Gasteiger partial charge in [-0.3, -0.25) is 4.79 Å². The summed E-state index contributed by atoms with van der Waals surface area (Å²) in [5.74, 6) is -0.703. The average molecular weight is 332 g/mol. The summed E-state index contributed by atoms with van der Waals surface area (Å²) in [6.45, 7) is 0. The van der Waals surface area contributed by atoms with Crippen LogP contribution in [0.15, 0.2) is 48.5 Å². The average Bonchev–Trinajstić information content (AvgIpc) is 3.04. The number of rotatable bonds is 3. The largest absolute Gasteiger partial charge is 0.416 e. The molecule has 0 spiro atoms. The van der Waals surface area contributed by atoms with E-state index in [-0.39, 0.29) is 5.69 Å². The molecule has 2 aromatic carbocycles. The van der Waals surface area contributed by atoms with Gasteiger partial charge in [0, 0.05) is 5.56 Å². The normalized spacial score (nSPS) is 11.5. The molecule has 3 aromatic rings. The Hall–Kier alpha value is -3.16. The van der Waals surface area contributed by atoms with Crippen molar-refractivity contribution in [2.75, 3.05) is 0 Å². The smallest absolute Gasteiger partial charge is 0.364 e. The highest BCUT2D eigenvalue weighted by molar-refractivity contribution is 5.96. The van der Waals surface area contributed by atoms with E-state index in [0.717, 1.165) is 17.7 Å². The zero-order chi connectivity index (χ0) is 17.3. The van der Waals surface area contributed by atoms with Gasteiger partial charge in [0.25, 0.3) is 5.91 Å². The van der Waals surface area contributed by atoms with E-state index in [0.29, 0.717) is 16.8 Å². The Labute approximate surface area is 134 Å². The molecule has 122 valence electrons. The number of alkyl halides is 3. The molecular formula is C16H11F3N4O.